The molecule has 0 saturated carbocycles. The van der Waals surface area contributed by atoms with Gasteiger partial charge in [-0.2, -0.15) is 0 Å². The van der Waals surface area contributed by atoms with Gasteiger partial charge in [-0.15, -0.1) is 0 Å². The van der Waals surface area contributed by atoms with E-state index in [-0.39, 0.29) is 5.91 Å². The van der Waals surface area contributed by atoms with Gasteiger partial charge in [-0.25, -0.2) is 0 Å². The number of ether oxygens (including phenoxy) is 1. The molecule has 0 radical (unpaired) electrons. The predicted molar refractivity (Wildman–Crippen MR) is 106 cm³/mol. The number of hydrogen-bond acceptors (Lipinski definition) is 5. The zero-order valence-electron chi connectivity index (χ0n) is 16.5. The molecule has 150 valence electrons. The van der Waals surface area contributed by atoms with Crippen LogP contribution in [0, 0.1) is 6.92 Å². The molecule has 2 N–H and O–H groups in total. The highest BCUT2D eigenvalue weighted by atomic mass is 16.5. The standard InChI is InChI=1S/C21H33N3O3/c1-18-4-6-19(7-5-18)14-22-20(25)8-11-24-12-13-27-17-21(26,16-24)15-23-9-2-3-10-23/h4-7,26H,2-3,8-17H2,1H3,(H,22,25)/t21-/m0/s1. The minimum atomic E-state index is -0.848. The number of aliphatic hydroxyl groups is 1. The number of benzene rings is 1. The minimum absolute atomic E-state index is 0.0452. The fourth-order valence-electron chi connectivity index (χ4n) is 3.89. The summed E-state index contributed by atoms with van der Waals surface area (Å²) in [5.41, 5.74) is 1.48. The molecule has 2 fully saturated rings. The van der Waals surface area contributed by atoms with E-state index in [1.807, 2.05) is 12.1 Å². The van der Waals surface area contributed by atoms with Gasteiger partial charge < -0.3 is 20.1 Å². The first-order valence-corrected chi connectivity index (χ1v) is 10.1. The Hall–Kier alpha value is -1.47. The first kappa shape index (κ1) is 20.3. The number of nitrogens with one attached hydrogen (secondary N) is 1. The van der Waals surface area contributed by atoms with E-state index in [9.17, 15) is 9.90 Å². The van der Waals surface area contributed by atoms with E-state index in [2.05, 4.69) is 34.2 Å². The largest absolute Gasteiger partial charge is 0.385 e. The summed E-state index contributed by atoms with van der Waals surface area (Å²) >= 11 is 0. The van der Waals surface area contributed by atoms with Crippen LogP contribution < -0.4 is 5.32 Å². The van der Waals surface area contributed by atoms with Crippen LogP contribution >= 0.6 is 0 Å². The van der Waals surface area contributed by atoms with Gasteiger partial charge in [0.2, 0.25) is 5.91 Å². The Morgan fingerprint density at radius 3 is 2.67 bits per heavy atom. The Balaban J connectivity index is 1.42. The number of likely N-dealkylation sites (tertiary alicyclic amines) is 1. The van der Waals surface area contributed by atoms with Crippen LogP contribution in [0.5, 0.6) is 0 Å². The van der Waals surface area contributed by atoms with Crippen molar-refractivity contribution in [2.24, 2.45) is 0 Å². The second kappa shape index (κ2) is 9.64. The van der Waals surface area contributed by atoms with Gasteiger partial charge in [-0.1, -0.05) is 29.8 Å². The highest BCUT2D eigenvalue weighted by Gasteiger charge is 2.35. The van der Waals surface area contributed by atoms with Crippen LogP contribution in [0.3, 0.4) is 0 Å². The van der Waals surface area contributed by atoms with Gasteiger partial charge >= 0.3 is 0 Å². The zero-order chi connectivity index (χ0) is 19.1. The van der Waals surface area contributed by atoms with Crippen LogP contribution in [-0.4, -0.2) is 78.9 Å². The van der Waals surface area contributed by atoms with Gasteiger partial charge in [0, 0.05) is 39.1 Å². The molecule has 2 aliphatic heterocycles. The third kappa shape index (κ3) is 6.57. The van der Waals surface area contributed by atoms with Crippen molar-refractivity contribution in [3.63, 3.8) is 0 Å². The number of hydrogen-bond donors (Lipinski definition) is 2. The molecular formula is C21H33N3O3. The molecule has 6 nitrogen and oxygen atoms in total. The first-order chi connectivity index (χ1) is 13.0. The summed E-state index contributed by atoms with van der Waals surface area (Å²) in [6.45, 7) is 8.33. The Kier molecular flexibility index (Phi) is 7.24. The van der Waals surface area contributed by atoms with Crippen molar-refractivity contribution in [2.45, 2.75) is 38.3 Å². The second-order valence-electron chi connectivity index (χ2n) is 8.05. The average molecular weight is 376 g/mol. The number of rotatable bonds is 7. The quantitative estimate of drug-likeness (QED) is 0.749. The third-order valence-corrected chi connectivity index (χ3v) is 5.42. The molecule has 0 aromatic heterocycles. The molecule has 1 amide bonds. The normalized spacial score (nSPS) is 24.7. The minimum Gasteiger partial charge on any atom is -0.385 e. The highest BCUT2D eigenvalue weighted by Crippen LogP contribution is 2.18. The lowest BCUT2D eigenvalue weighted by Gasteiger charge is -2.34. The lowest BCUT2D eigenvalue weighted by atomic mass is 10.0. The van der Waals surface area contributed by atoms with Crippen molar-refractivity contribution >= 4 is 5.91 Å². The van der Waals surface area contributed by atoms with Crippen LogP contribution in [0.15, 0.2) is 24.3 Å². The fraction of sp³-hybridized carbons (Fsp3) is 0.667. The smallest absolute Gasteiger partial charge is 0.221 e. The molecule has 0 spiro atoms. The number of carbonyl (C=O) groups excluding carboxylic acids is 1. The molecule has 3 rings (SSSR count). The van der Waals surface area contributed by atoms with Crippen molar-refractivity contribution in [1.29, 1.82) is 0 Å². The second-order valence-corrected chi connectivity index (χ2v) is 8.05. The molecule has 6 heteroatoms. The lowest BCUT2D eigenvalue weighted by Crippen LogP contribution is -2.52. The van der Waals surface area contributed by atoms with Crippen LogP contribution in [-0.2, 0) is 16.1 Å². The van der Waals surface area contributed by atoms with Crippen molar-refractivity contribution in [3.05, 3.63) is 35.4 Å². The average Bonchev–Trinajstić information content (AvgIpc) is 3.07. The Labute approximate surface area is 162 Å². The summed E-state index contributed by atoms with van der Waals surface area (Å²) in [6, 6.07) is 8.19. The summed E-state index contributed by atoms with van der Waals surface area (Å²) < 4.78 is 5.65. The van der Waals surface area contributed by atoms with E-state index < -0.39 is 5.60 Å². The molecule has 0 bridgehead atoms. The van der Waals surface area contributed by atoms with Gasteiger partial charge in [0.1, 0.15) is 5.60 Å². The fourth-order valence-corrected chi connectivity index (χ4v) is 3.89. The van der Waals surface area contributed by atoms with Crippen LogP contribution in [0.4, 0.5) is 0 Å². The van der Waals surface area contributed by atoms with Crippen molar-refractivity contribution in [2.75, 3.05) is 52.5 Å². The molecule has 2 saturated heterocycles. The van der Waals surface area contributed by atoms with Crippen molar-refractivity contribution in [1.82, 2.24) is 15.1 Å². The molecule has 1 aromatic carbocycles. The number of carbonyl (C=O) groups is 1. The highest BCUT2D eigenvalue weighted by molar-refractivity contribution is 5.76. The molecule has 1 aromatic rings. The molecule has 27 heavy (non-hydrogen) atoms. The lowest BCUT2D eigenvalue weighted by molar-refractivity contribution is -0.121. The maximum absolute atomic E-state index is 12.2. The molecule has 1 atom stereocenters. The summed E-state index contributed by atoms with van der Waals surface area (Å²) in [6.07, 6.45) is 2.86. The Morgan fingerprint density at radius 2 is 1.93 bits per heavy atom. The summed E-state index contributed by atoms with van der Waals surface area (Å²) in [5.74, 6) is 0.0452. The van der Waals surface area contributed by atoms with E-state index in [0.717, 1.165) is 25.2 Å². The van der Waals surface area contributed by atoms with Gasteiger partial charge in [0.25, 0.3) is 0 Å². The van der Waals surface area contributed by atoms with Crippen molar-refractivity contribution < 1.29 is 14.6 Å². The molecular weight excluding hydrogens is 342 g/mol. The first-order valence-electron chi connectivity index (χ1n) is 10.1. The predicted octanol–water partition coefficient (Wildman–Crippen LogP) is 1.16. The number of β-amino-alcohol motifs (C(OH)–C–C–N with tert-alkyl or cyclic N) is 1. The van der Waals surface area contributed by atoms with E-state index in [1.54, 1.807) is 0 Å². The molecule has 2 aliphatic rings. The van der Waals surface area contributed by atoms with Gasteiger partial charge in [-0.05, 0) is 38.4 Å². The van der Waals surface area contributed by atoms with Crippen molar-refractivity contribution in [3.8, 4) is 0 Å². The van der Waals surface area contributed by atoms with E-state index in [0.29, 0.717) is 45.8 Å². The number of aryl methyl sites for hydroxylation is 1. The molecule has 0 aliphatic carbocycles. The Morgan fingerprint density at radius 1 is 1.19 bits per heavy atom. The monoisotopic (exact) mass is 375 g/mol. The topological polar surface area (TPSA) is 65.0 Å². The van der Waals surface area contributed by atoms with E-state index >= 15 is 0 Å². The van der Waals surface area contributed by atoms with Gasteiger partial charge in [-0.3, -0.25) is 9.69 Å². The Bertz CT molecular complexity index is 601. The maximum atomic E-state index is 12.2. The molecule has 0 unspecified atom stereocenters. The van der Waals surface area contributed by atoms with Crippen LogP contribution in [0.25, 0.3) is 0 Å². The summed E-state index contributed by atoms with van der Waals surface area (Å²) in [5, 5.41) is 14.0. The SMILES string of the molecule is Cc1ccc(CNC(=O)CCN2CCOC[C@](O)(CN3CCCC3)C2)cc1. The third-order valence-electron chi connectivity index (χ3n) is 5.42. The summed E-state index contributed by atoms with van der Waals surface area (Å²) in [4.78, 5) is 16.7. The van der Waals surface area contributed by atoms with Gasteiger partial charge in [0.15, 0.2) is 0 Å². The van der Waals surface area contributed by atoms with E-state index in [4.69, 9.17) is 4.74 Å². The molecule has 2 heterocycles. The zero-order valence-corrected chi connectivity index (χ0v) is 16.5. The number of nitrogens with zero attached hydrogens (tertiary/aromatic N) is 2. The maximum Gasteiger partial charge on any atom is 0.221 e. The summed E-state index contributed by atoms with van der Waals surface area (Å²) in [7, 11) is 0. The van der Waals surface area contributed by atoms with E-state index in [1.165, 1.54) is 18.4 Å². The van der Waals surface area contributed by atoms with Crippen LogP contribution in [0.1, 0.15) is 30.4 Å². The van der Waals surface area contributed by atoms with Gasteiger partial charge in [0.05, 0.1) is 13.2 Å². The number of amides is 1. The van der Waals surface area contributed by atoms with Crippen LogP contribution in [0.2, 0.25) is 0 Å².